The summed E-state index contributed by atoms with van der Waals surface area (Å²) in [4.78, 5) is 25.4. The normalized spacial score (nSPS) is 14.5. The predicted molar refractivity (Wildman–Crippen MR) is 151 cm³/mol. The minimum Gasteiger partial charge on any atom is -0.457 e. The summed E-state index contributed by atoms with van der Waals surface area (Å²) in [7, 11) is -3.85. The van der Waals surface area contributed by atoms with Gasteiger partial charge in [-0.1, -0.05) is 41.9 Å². The number of hydrogen-bond acceptors (Lipinski definition) is 7. The van der Waals surface area contributed by atoms with Gasteiger partial charge in [-0.25, -0.2) is 18.4 Å². The van der Waals surface area contributed by atoms with Crippen molar-refractivity contribution < 1.29 is 27.2 Å². The lowest BCUT2D eigenvalue weighted by Gasteiger charge is -2.11. The number of hydrogen-bond donors (Lipinski definition) is 1. The van der Waals surface area contributed by atoms with Crippen molar-refractivity contribution in [2.45, 2.75) is 18.4 Å². The van der Waals surface area contributed by atoms with Gasteiger partial charge in [0.15, 0.2) is 0 Å². The van der Waals surface area contributed by atoms with Crippen molar-refractivity contribution in [3.8, 4) is 11.3 Å². The highest BCUT2D eigenvalue weighted by Gasteiger charge is 2.29. The van der Waals surface area contributed by atoms with Gasteiger partial charge in [-0.05, 0) is 67.6 Å². The molecule has 0 spiro atoms. The molecule has 9 nitrogen and oxygen atoms in total. The van der Waals surface area contributed by atoms with Crippen LogP contribution in [0.5, 0.6) is 0 Å². The minimum atomic E-state index is -3.85. The molecule has 1 aliphatic heterocycles. The van der Waals surface area contributed by atoms with Gasteiger partial charge in [0.2, 0.25) is 10.0 Å². The van der Waals surface area contributed by atoms with E-state index >= 15 is 0 Å². The van der Waals surface area contributed by atoms with E-state index in [1.165, 1.54) is 29.3 Å². The molecule has 4 aromatic rings. The lowest BCUT2D eigenvalue weighted by molar-refractivity contribution is -0.114. The van der Waals surface area contributed by atoms with E-state index in [0.717, 1.165) is 11.1 Å². The van der Waals surface area contributed by atoms with E-state index in [1.54, 1.807) is 67.6 Å². The van der Waals surface area contributed by atoms with Crippen molar-refractivity contribution in [2.24, 2.45) is 10.2 Å². The second kappa shape index (κ2) is 10.9. The van der Waals surface area contributed by atoms with E-state index in [2.05, 4.69) is 5.10 Å². The van der Waals surface area contributed by atoms with E-state index < -0.39 is 21.9 Å². The smallest absolute Gasteiger partial charge is 0.338 e. The van der Waals surface area contributed by atoms with Crippen molar-refractivity contribution in [1.29, 1.82) is 0 Å². The van der Waals surface area contributed by atoms with Crippen LogP contribution in [-0.4, -0.2) is 26.0 Å². The average molecular weight is 576 g/mol. The molecule has 0 atom stereocenters. The molecule has 1 aliphatic rings. The van der Waals surface area contributed by atoms with Crippen LogP contribution in [-0.2, 0) is 26.2 Å². The molecule has 0 saturated heterocycles. The van der Waals surface area contributed by atoms with Crippen molar-refractivity contribution in [3.05, 3.63) is 112 Å². The largest absolute Gasteiger partial charge is 0.457 e. The molecule has 2 heterocycles. The Morgan fingerprint density at radius 1 is 1.02 bits per heavy atom. The number of nitrogens with two attached hydrogens (primary N) is 1. The lowest BCUT2D eigenvalue weighted by Crippen LogP contribution is -2.21. The molecule has 0 saturated carbocycles. The third-order valence-corrected chi connectivity index (χ3v) is 7.41. The summed E-state index contributed by atoms with van der Waals surface area (Å²) in [5.74, 6) is 0.106. The van der Waals surface area contributed by atoms with E-state index in [1.807, 2.05) is 6.07 Å². The number of nitrogens with zero attached hydrogens (tertiary/aromatic N) is 2. The number of amides is 1. The second-order valence-corrected chi connectivity index (χ2v) is 10.8. The Morgan fingerprint density at radius 2 is 1.73 bits per heavy atom. The van der Waals surface area contributed by atoms with E-state index in [-0.39, 0.29) is 11.5 Å². The standard InChI is InChI=1S/C29H22ClN3O6S/c1-18-25(28(34)33(32-18)22-10-13-24(14-11-22)40(31,36)37)16-23-12-15-27(39-23)19-6-8-20(9-7-19)29(35)38-17-21-4-2-3-5-26(21)30/h2-16H,17H2,1H3,(H2,31,36,37)/b25-16-. The first kappa shape index (κ1) is 27.1. The maximum Gasteiger partial charge on any atom is 0.338 e. The zero-order valence-corrected chi connectivity index (χ0v) is 22.6. The predicted octanol–water partition coefficient (Wildman–Crippen LogP) is 5.41. The SMILES string of the molecule is CC1=NN(c2ccc(S(N)(=O)=O)cc2)C(=O)/C1=C\c1ccc(-c2ccc(C(=O)OCc3ccccc3Cl)cc2)o1. The van der Waals surface area contributed by atoms with Crippen LogP contribution in [0, 0.1) is 0 Å². The van der Waals surface area contributed by atoms with Crippen LogP contribution in [0.2, 0.25) is 5.02 Å². The number of rotatable bonds is 7. The molecular formula is C29H22ClN3O6S. The van der Waals surface area contributed by atoms with Gasteiger partial charge >= 0.3 is 5.97 Å². The first-order chi connectivity index (χ1) is 19.1. The van der Waals surface area contributed by atoms with E-state index in [4.69, 9.17) is 25.9 Å². The number of anilines is 1. The Balaban J connectivity index is 1.27. The number of ether oxygens (including phenoxy) is 1. The molecule has 0 bridgehead atoms. The van der Waals surface area contributed by atoms with Crippen LogP contribution in [0.4, 0.5) is 5.69 Å². The molecule has 40 heavy (non-hydrogen) atoms. The first-order valence-corrected chi connectivity index (χ1v) is 13.9. The van der Waals surface area contributed by atoms with Crippen LogP contribution >= 0.6 is 11.6 Å². The topological polar surface area (TPSA) is 132 Å². The van der Waals surface area contributed by atoms with Gasteiger partial charge in [-0.15, -0.1) is 0 Å². The number of carbonyl (C=O) groups excluding carboxylic acids is 2. The monoisotopic (exact) mass is 575 g/mol. The van der Waals surface area contributed by atoms with Gasteiger partial charge in [-0.2, -0.15) is 10.1 Å². The number of sulfonamides is 1. The van der Waals surface area contributed by atoms with Crippen molar-refractivity contribution in [1.82, 2.24) is 0 Å². The summed E-state index contributed by atoms with van der Waals surface area (Å²) >= 11 is 6.11. The number of esters is 1. The first-order valence-electron chi connectivity index (χ1n) is 12.0. The van der Waals surface area contributed by atoms with Gasteiger partial charge in [-0.3, -0.25) is 4.79 Å². The molecule has 5 rings (SSSR count). The highest BCUT2D eigenvalue weighted by Crippen LogP contribution is 2.28. The summed E-state index contributed by atoms with van der Waals surface area (Å²) in [6.45, 7) is 1.76. The molecule has 11 heteroatoms. The van der Waals surface area contributed by atoms with Crippen molar-refractivity contribution in [2.75, 3.05) is 5.01 Å². The van der Waals surface area contributed by atoms with Crippen molar-refractivity contribution >= 4 is 51.0 Å². The molecule has 3 aromatic carbocycles. The summed E-state index contributed by atoms with van der Waals surface area (Å²) in [5.41, 5.74) is 3.02. The van der Waals surface area contributed by atoms with E-state index in [9.17, 15) is 18.0 Å². The number of benzene rings is 3. The average Bonchev–Trinajstić information content (AvgIpc) is 3.52. The van der Waals surface area contributed by atoms with Gasteiger partial charge in [0.05, 0.1) is 27.4 Å². The third kappa shape index (κ3) is 5.74. The highest BCUT2D eigenvalue weighted by molar-refractivity contribution is 7.89. The number of halogens is 1. The molecule has 1 amide bonds. The quantitative estimate of drug-likeness (QED) is 0.231. The maximum atomic E-state index is 13.1. The number of hydrazone groups is 1. The maximum absolute atomic E-state index is 13.1. The zero-order valence-electron chi connectivity index (χ0n) is 21.1. The fourth-order valence-corrected chi connectivity index (χ4v) is 4.68. The fraction of sp³-hybridized carbons (Fsp3) is 0.0690. The molecule has 0 fully saturated rings. The van der Waals surface area contributed by atoms with Crippen LogP contribution in [0.25, 0.3) is 17.4 Å². The van der Waals surface area contributed by atoms with Crippen molar-refractivity contribution in [3.63, 3.8) is 0 Å². The zero-order chi connectivity index (χ0) is 28.4. The van der Waals surface area contributed by atoms with E-state index in [0.29, 0.717) is 39.1 Å². The molecule has 202 valence electrons. The molecule has 0 radical (unpaired) electrons. The summed E-state index contributed by atoms with van der Waals surface area (Å²) in [5, 5.41) is 11.1. The summed E-state index contributed by atoms with van der Waals surface area (Å²) in [6, 6.07) is 22.9. The van der Waals surface area contributed by atoms with Crippen LogP contribution in [0.1, 0.15) is 28.6 Å². The number of furan rings is 1. The van der Waals surface area contributed by atoms with Gasteiger partial charge in [0.1, 0.15) is 18.1 Å². The molecular weight excluding hydrogens is 554 g/mol. The van der Waals surface area contributed by atoms with Crippen LogP contribution < -0.4 is 10.1 Å². The number of primary sulfonamides is 1. The Labute approximate surface area is 235 Å². The van der Waals surface area contributed by atoms with Gasteiger partial charge in [0, 0.05) is 16.1 Å². The Kier molecular flexibility index (Phi) is 7.40. The summed E-state index contributed by atoms with van der Waals surface area (Å²) < 4.78 is 34.3. The van der Waals surface area contributed by atoms with Gasteiger partial charge < -0.3 is 9.15 Å². The second-order valence-electron chi connectivity index (χ2n) is 8.85. The minimum absolute atomic E-state index is 0.0653. The Bertz CT molecular complexity index is 1770. The van der Waals surface area contributed by atoms with Crippen LogP contribution in [0.15, 0.2) is 105 Å². The summed E-state index contributed by atoms with van der Waals surface area (Å²) in [6.07, 6.45) is 1.59. The molecule has 1 aromatic heterocycles. The third-order valence-electron chi connectivity index (χ3n) is 6.11. The van der Waals surface area contributed by atoms with Crippen LogP contribution in [0.3, 0.4) is 0 Å². The lowest BCUT2D eigenvalue weighted by atomic mass is 10.1. The fourth-order valence-electron chi connectivity index (χ4n) is 3.98. The molecule has 0 aliphatic carbocycles. The Hall–Kier alpha value is -4.51. The highest BCUT2D eigenvalue weighted by atomic mass is 35.5. The van der Waals surface area contributed by atoms with Gasteiger partial charge in [0.25, 0.3) is 5.91 Å². The molecule has 2 N–H and O–H groups in total. The molecule has 0 unspecified atom stereocenters. The Morgan fingerprint density at radius 3 is 2.40 bits per heavy atom. The number of carbonyl (C=O) groups is 2.